The number of nitrogens with one attached hydrogen (secondary N) is 2. The van der Waals surface area contributed by atoms with Gasteiger partial charge in [-0.3, -0.25) is 9.40 Å². The highest BCUT2D eigenvalue weighted by Gasteiger charge is 2.38. The van der Waals surface area contributed by atoms with Gasteiger partial charge in [0.25, 0.3) is 0 Å². The molecule has 9 nitrogen and oxygen atoms in total. The van der Waals surface area contributed by atoms with Gasteiger partial charge in [-0.25, -0.2) is 0 Å². The Morgan fingerprint density at radius 3 is 3.00 bits per heavy atom. The summed E-state index contributed by atoms with van der Waals surface area (Å²) in [5.74, 6) is -0.134. The first-order valence-electron chi connectivity index (χ1n) is 4.85. The highest BCUT2D eigenvalue weighted by Crippen LogP contribution is 2.33. The molecule has 0 radical (unpaired) electrons. The van der Waals surface area contributed by atoms with E-state index in [0.29, 0.717) is 11.0 Å². The van der Waals surface area contributed by atoms with Gasteiger partial charge in [0, 0.05) is 0 Å². The van der Waals surface area contributed by atoms with Crippen molar-refractivity contribution in [3.8, 4) is 5.88 Å². The molecule has 0 aliphatic carbocycles. The van der Waals surface area contributed by atoms with Crippen molar-refractivity contribution in [2.45, 2.75) is 18.5 Å². The molecule has 1 fully saturated rings. The van der Waals surface area contributed by atoms with Gasteiger partial charge < -0.3 is 19.9 Å². The van der Waals surface area contributed by atoms with E-state index in [2.05, 4.69) is 10.6 Å². The Balaban J connectivity index is 1.99. The summed E-state index contributed by atoms with van der Waals surface area (Å²) in [7, 11) is 0. The minimum absolute atomic E-state index is 0.134. The fraction of sp³-hybridized carbons (Fsp3) is 0.375. The van der Waals surface area contributed by atoms with Gasteiger partial charge in [0.05, 0.1) is 12.4 Å². The largest absolute Gasteiger partial charge is 0.494 e. The SMILES string of the molecule is ONC1NOC(n2cc3oncc3c2O)C1O. The van der Waals surface area contributed by atoms with Gasteiger partial charge in [-0.05, 0) is 0 Å². The molecule has 92 valence electrons. The molecule has 0 bridgehead atoms. The lowest BCUT2D eigenvalue weighted by atomic mass is 10.3. The van der Waals surface area contributed by atoms with Crippen molar-refractivity contribution in [3.63, 3.8) is 0 Å². The van der Waals surface area contributed by atoms with Crippen molar-refractivity contribution in [1.29, 1.82) is 0 Å². The maximum Gasteiger partial charge on any atom is 0.206 e. The quantitative estimate of drug-likeness (QED) is 0.426. The summed E-state index contributed by atoms with van der Waals surface area (Å²) in [6.45, 7) is 0. The molecule has 3 heterocycles. The second-order valence-corrected chi connectivity index (χ2v) is 3.69. The number of aliphatic hydroxyl groups excluding tert-OH is 1. The van der Waals surface area contributed by atoms with E-state index >= 15 is 0 Å². The predicted octanol–water partition coefficient (Wildman–Crippen LogP) is -0.966. The van der Waals surface area contributed by atoms with Crippen LogP contribution in [-0.4, -0.2) is 37.4 Å². The number of rotatable bonds is 2. The minimum atomic E-state index is -1.09. The van der Waals surface area contributed by atoms with Crippen molar-refractivity contribution >= 4 is 11.0 Å². The summed E-state index contributed by atoms with van der Waals surface area (Å²) in [5, 5.41) is 32.3. The van der Waals surface area contributed by atoms with Gasteiger partial charge in [0.15, 0.2) is 11.8 Å². The molecule has 0 aromatic carbocycles. The van der Waals surface area contributed by atoms with Gasteiger partial charge in [0.2, 0.25) is 5.88 Å². The van der Waals surface area contributed by atoms with Crippen LogP contribution in [0.4, 0.5) is 0 Å². The lowest BCUT2D eigenvalue weighted by Crippen LogP contribution is -2.43. The first-order chi connectivity index (χ1) is 8.22. The first-order valence-corrected chi connectivity index (χ1v) is 4.85. The second-order valence-electron chi connectivity index (χ2n) is 3.69. The molecule has 3 atom stereocenters. The molecule has 0 spiro atoms. The fourth-order valence-corrected chi connectivity index (χ4v) is 1.80. The van der Waals surface area contributed by atoms with E-state index in [-0.39, 0.29) is 5.88 Å². The molecule has 5 N–H and O–H groups in total. The van der Waals surface area contributed by atoms with Crippen LogP contribution in [0.1, 0.15) is 6.23 Å². The van der Waals surface area contributed by atoms with E-state index in [1.54, 1.807) is 0 Å². The van der Waals surface area contributed by atoms with Crippen LogP contribution in [0.5, 0.6) is 5.88 Å². The Bertz CT molecular complexity index is 537. The topological polar surface area (TPSA) is 125 Å². The van der Waals surface area contributed by atoms with E-state index in [0.717, 1.165) is 0 Å². The Morgan fingerprint density at radius 2 is 2.35 bits per heavy atom. The van der Waals surface area contributed by atoms with Gasteiger partial charge in [0.1, 0.15) is 17.7 Å². The van der Waals surface area contributed by atoms with Crippen LogP contribution in [0.25, 0.3) is 11.0 Å². The van der Waals surface area contributed by atoms with Crippen LogP contribution in [0.3, 0.4) is 0 Å². The van der Waals surface area contributed by atoms with Crippen molar-refractivity contribution in [2.24, 2.45) is 0 Å². The highest BCUT2D eigenvalue weighted by atomic mass is 16.7. The first kappa shape index (κ1) is 10.5. The highest BCUT2D eigenvalue weighted by molar-refractivity contribution is 5.82. The standard InChI is InChI=1S/C8H10N4O5/c13-5-6(10-15)11-17-8(5)12-2-4-3(7(12)14)1-9-16-4/h1-2,5-6,8,10-11,13-15H. The monoisotopic (exact) mass is 242 g/mol. The van der Waals surface area contributed by atoms with Gasteiger partial charge in [-0.1, -0.05) is 5.16 Å². The molecule has 1 saturated heterocycles. The predicted molar refractivity (Wildman–Crippen MR) is 51.6 cm³/mol. The molecule has 1 aliphatic heterocycles. The van der Waals surface area contributed by atoms with Crippen LogP contribution < -0.4 is 11.0 Å². The molecule has 1 aliphatic rings. The fourth-order valence-electron chi connectivity index (χ4n) is 1.80. The van der Waals surface area contributed by atoms with E-state index < -0.39 is 18.5 Å². The molecular weight excluding hydrogens is 232 g/mol. The van der Waals surface area contributed by atoms with E-state index in [9.17, 15) is 10.2 Å². The van der Waals surface area contributed by atoms with E-state index in [1.807, 2.05) is 5.48 Å². The van der Waals surface area contributed by atoms with Crippen molar-refractivity contribution in [1.82, 2.24) is 20.7 Å². The third-order valence-corrected chi connectivity index (χ3v) is 2.70. The van der Waals surface area contributed by atoms with Crippen molar-refractivity contribution < 1.29 is 24.8 Å². The lowest BCUT2D eigenvalue weighted by molar-refractivity contribution is -0.0494. The lowest BCUT2D eigenvalue weighted by Gasteiger charge is -2.16. The number of hydrogen-bond donors (Lipinski definition) is 5. The summed E-state index contributed by atoms with van der Waals surface area (Å²) in [5.41, 5.74) is 4.60. The van der Waals surface area contributed by atoms with Gasteiger partial charge in [-0.15, -0.1) is 0 Å². The Kier molecular flexibility index (Phi) is 2.28. The number of fused-ring (bicyclic) bond motifs is 1. The second kappa shape index (κ2) is 3.68. The number of aromatic nitrogens is 2. The summed E-state index contributed by atoms with van der Waals surface area (Å²) in [4.78, 5) is 5.05. The van der Waals surface area contributed by atoms with Crippen molar-refractivity contribution in [2.75, 3.05) is 0 Å². The summed E-state index contributed by atoms with van der Waals surface area (Å²) < 4.78 is 6.16. The number of hydroxylamine groups is 2. The average Bonchev–Trinajstić information content (AvgIpc) is 2.97. The molecule has 9 heteroatoms. The number of aromatic hydroxyl groups is 1. The zero-order valence-corrected chi connectivity index (χ0v) is 8.44. The zero-order valence-electron chi connectivity index (χ0n) is 8.44. The Labute approximate surface area is 94.1 Å². The Morgan fingerprint density at radius 1 is 1.53 bits per heavy atom. The van der Waals surface area contributed by atoms with E-state index in [1.165, 1.54) is 17.0 Å². The molecule has 17 heavy (non-hydrogen) atoms. The van der Waals surface area contributed by atoms with Gasteiger partial charge >= 0.3 is 0 Å². The Hall–Kier alpha value is -1.65. The van der Waals surface area contributed by atoms with Crippen LogP contribution in [0.2, 0.25) is 0 Å². The number of aliphatic hydroxyl groups is 1. The van der Waals surface area contributed by atoms with Crippen molar-refractivity contribution in [3.05, 3.63) is 12.4 Å². The van der Waals surface area contributed by atoms with Crippen LogP contribution in [0, 0.1) is 0 Å². The summed E-state index contributed by atoms with van der Waals surface area (Å²) in [6.07, 6.45) is -0.00568. The van der Waals surface area contributed by atoms with Crippen LogP contribution >= 0.6 is 0 Å². The molecule has 0 saturated carbocycles. The normalized spacial score (nSPS) is 29.2. The molecule has 2 aromatic rings. The molecule has 2 aromatic heterocycles. The number of nitrogens with zero attached hydrogens (tertiary/aromatic N) is 2. The average molecular weight is 242 g/mol. The summed E-state index contributed by atoms with van der Waals surface area (Å²) in [6, 6.07) is 0. The maximum absolute atomic E-state index is 9.88. The van der Waals surface area contributed by atoms with Crippen LogP contribution in [-0.2, 0) is 4.84 Å². The zero-order chi connectivity index (χ0) is 12.0. The van der Waals surface area contributed by atoms with Gasteiger partial charge in [-0.2, -0.15) is 11.0 Å². The molecular formula is C8H10N4O5. The molecule has 3 rings (SSSR count). The number of hydrogen-bond acceptors (Lipinski definition) is 8. The third kappa shape index (κ3) is 1.41. The molecule has 0 amide bonds. The van der Waals surface area contributed by atoms with Crippen LogP contribution in [0.15, 0.2) is 16.9 Å². The maximum atomic E-state index is 9.88. The molecule has 3 unspecified atom stereocenters. The van der Waals surface area contributed by atoms with E-state index in [4.69, 9.17) is 14.6 Å². The minimum Gasteiger partial charge on any atom is -0.494 e. The smallest absolute Gasteiger partial charge is 0.206 e. The third-order valence-electron chi connectivity index (χ3n) is 2.70. The summed E-state index contributed by atoms with van der Waals surface area (Å²) >= 11 is 0.